The molecular formula is C19H21N3O5S. The van der Waals surface area contributed by atoms with Gasteiger partial charge in [0.15, 0.2) is 6.61 Å². The van der Waals surface area contributed by atoms with Crippen molar-refractivity contribution in [1.29, 1.82) is 0 Å². The van der Waals surface area contributed by atoms with Crippen molar-refractivity contribution < 1.29 is 22.7 Å². The standard InChI is InChI=1S/C19H21N3O5S/c1-12-10-15(13(2)22(12)3)16(23)11-27-18(24)8-9-20-19-14-6-4-5-7-17(14)28(25,26)21-19/h4-7,10H,8-9,11H2,1-3H3,(H,20,21). The molecule has 0 atom stereocenters. The summed E-state index contributed by atoms with van der Waals surface area (Å²) in [5.74, 6) is -0.634. The fraction of sp³-hybridized carbons (Fsp3) is 0.316. The summed E-state index contributed by atoms with van der Waals surface area (Å²) in [4.78, 5) is 28.4. The van der Waals surface area contributed by atoms with Crippen molar-refractivity contribution in [3.8, 4) is 0 Å². The largest absolute Gasteiger partial charge is 0.457 e. The van der Waals surface area contributed by atoms with Gasteiger partial charge < -0.3 is 9.30 Å². The van der Waals surface area contributed by atoms with Crippen molar-refractivity contribution in [3.05, 3.63) is 52.8 Å². The zero-order valence-electron chi connectivity index (χ0n) is 15.9. The first kappa shape index (κ1) is 19.8. The first-order chi connectivity index (χ1) is 13.2. The zero-order valence-corrected chi connectivity index (χ0v) is 16.7. The van der Waals surface area contributed by atoms with E-state index in [-0.39, 0.29) is 36.1 Å². The molecule has 148 valence electrons. The SMILES string of the molecule is Cc1cc(C(=O)COC(=O)CCN=C2NS(=O)(=O)c3ccccc32)c(C)n1C. The first-order valence-electron chi connectivity index (χ1n) is 8.69. The molecular weight excluding hydrogens is 382 g/mol. The summed E-state index contributed by atoms with van der Waals surface area (Å²) in [7, 11) is -1.74. The van der Waals surface area contributed by atoms with E-state index in [1.807, 2.05) is 25.5 Å². The highest BCUT2D eigenvalue weighted by molar-refractivity contribution is 7.90. The summed E-state index contributed by atoms with van der Waals surface area (Å²) in [6, 6.07) is 8.25. The van der Waals surface area contributed by atoms with Crippen LogP contribution >= 0.6 is 0 Å². The van der Waals surface area contributed by atoms with E-state index < -0.39 is 16.0 Å². The van der Waals surface area contributed by atoms with Crippen LogP contribution < -0.4 is 4.72 Å². The average Bonchev–Trinajstić information content (AvgIpc) is 3.07. The molecule has 0 aliphatic carbocycles. The van der Waals surface area contributed by atoms with E-state index in [9.17, 15) is 18.0 Å². The van der Waals surface area contributed by atoms with Crippen LogP contribution in [0.1, 0.15) is 33.7 Å². The molecule has 0 unspecified atom stereocenters. The van der Waals surface area contributed by atoms with Crippen LogP contribution in [0.3, 0.4) is 0 Å². The highest BCUT2D eigenvalue weighted by Gasteiger charge is 2.30. The summed E-state index contributed by atoms with van der Waals surface area (Å²) in [6.45, 7) is 3.43. The van der Waals surface area contributed by atoms with Gasteiger partial charge in [0.25, 0.3) is 10.0 Å². The van der Waals surface area contributed by atoms with Gasteiger partial charge >= 0.3 is 5.97 Å². The van der Waals surface area contributed by atoms with E-state index in [0.717, 1.165) is 11.4 Å². The highest BCUT2D eigenvalue weighted by atomic mass is 32.2. The number of aromatic nitrogens is 1. The Morgan fingerprint density at radius 2 is 1.93 bits per heavy atom. The molecule has 0 bridgehead atoms. The van der Waals surface area contributed by atoms with Gasteiger partial charge in [0.1, 0.15) is 5.84 Å². The molecule has 9 heteroatoms. The third-order valence-corrected chi connectivity index (χ3v) is 6.09. The van der Waals surface area contributed by atoms with Crippen molar-refractivity contribution in [3.63, 3.8) is 0 Å². The molecule has 0 saturated carbocycles. The van der Waals surface area contributed by atoms with Crippen LogP contribution in [0, 0.1) is 13.8 Å². The number of aliphatic imine (C=N–C) groups is 1. The molecule has 1 aromatic heterocycles. The second-order valence-electron chi connectivity index (χ2n) is 6.51. The maximum absolute atomic E-state index is 12.2. The first-order valence-corrected chi connectivity index (χ1v) is 10.2. The normalized spacial score (nSPS) is 15.9. The van der Waals surface area contributed by atoms with Crippen LogP contribution in [0.2, 0.25) is 0 Å². The second-order valence-corrected chi connectivity index (χ2v) is 8.16. The Labute approximate surface area is 163 Å². The smallest absolute Gasteiger partial charge is 0.308 e. The van der Waals surface area contributed by atoms with Crippen LogP contribution in [0.5, 0.6) is 0 Å². The Morgan fingerprint density at radius 1 is 1.21 bits per heavy atom. The van der Waals surface area contributed by atoms with Gasteiger partial charge in [0.2, 0.25) is 5.78 Å². The Morgan fingerprint density at radius 3 is 2.61 bits per heavy atom. The van der Waals surface area contributed by atoms with Gasteiger partial charge in [-0.25, -0.2) is 8.42 Å². The summed E-state index contributed by atoms with van der Waals surface area (Å²) < 4.78 is 33.3. The topological polar surface area (TPSA) is 107 Å². The minimum atomic E-state index is -3.61. The molecule has 28 heavy (non-hydrogen) atoms. The maximum Gasteiger partial charge on any atom is 0.308 e. The molecule has 2 aromatic rings. The lowest BCUT2D eigenvalue weighted by Crippen LogP contribution is -2.22. The predicted molar refractivity (Wildman–Crippen MR) is 103 cm³/mol. The number of ether oxygens (including phenoxy) is 1. The predicted octanol–water partition coefficient (Wildman–Crippen LogP) is 1.50. The van der Waals surface area contributed by atoms with Crippen molar-refractivity contribution >= 4 is 27.6 Å². The van der Waals surface area contributed by atoms with E-state index >= 15 is 0 Å². The van der Waals surface area contributed by atoms with E-state index in [4.69, 9.17) is 4.74 Å². The number of esters is 1. The van der Waals surface area contributed by atoms with Gasteiger partial charge in [0.05, 0.1) is 17.9 Å². The van der Waals surface area contributed by atoms with E-state index in [1.165, 1.54) is 6.07 Å². The summed E-state index contributed by atoms with van der Waals surface area (Å²) in [5, 5.41) is 0. The summed E-state index contributed by atoms with van der Waals surface area (Å²) in [5.41, 5.74) is 2.77. The van der Waals surface area contributed by atoms with Crippen molar-refractivity contribution in [2.45, 2.75) is 25.2 Å². The number of rotatable bonds is 6. The highest BCUT2D eigenvalue weighted by Crippen LogP contribution is 2.22. The number of Topliss-reactive ketones (excluding diaryl/α,β-unsaturated/α-hetero) is 1. The molecule has 0 saturated heterocycles. The lowest BCUT2D eigenvalue weighted by molar-refractivity contribution is -0.142. The van der Waals surface area contributed by atoms with Gasteiger partial charge in [-0.05, 0) is 32.0 Å². The van der Waals surface area contributed by atoms with Gasteiger partial charge in [0, 0.05) is 29.6 Å². The van der Waals surface area contributed by atoms with Crippen LogP contribution in [0.4, 0.5) is 0 Å². The van der Waals surface area contributed by atoms with Gasteiger partial charge in [-0.3, -0.25) is 19.3 Å². The third kappa shape index (κ3) is 3.84. The summed E-state index contributed by atoms with van der Waals surface area (Å²) >= 11 is 0. The van der Waals surface area contributed by atoms with Crippen LogP contribution in [0.25, 0.3) is 0 Å². The monoisotopic (exact) mass is 403 g/mol. The average molecular weight is 403 g/mol. The fourth-order valence-corrected chi connectivity index (χ4v) is 4.19. The number of hydrogen-bond acceptors (Lipinski definition) is 6. The molecule has 2 heterocycles. The van der Waals surface area contributed by atoms with E-state index in [1.54, 1.807) is 24.3 Å². The van der Waals surface area contributed by atoms with E-state index in [0.29, 0.717) is 11.1 Å². The molecule has 3 rings (SSSR count). The lowest BCUT2D eigenvalue weighted by atomic mass is 10.1. The van der Waals surface area contributed by atoms with Gasteiger partial charge in [-0.15, -0.1) is 0 Å². The minimum Gasteiger partial charge on any atom is -0.457 e. The Balaban J connectivity index is 1.55. The molecule has 0 radical (unpaired) electrons. The number of hydrogen-bond donors (Lipinski definition) is 1. The number of benzene rings is 1. The van der Waals surface area contributed by atoms with Gasteiger partial charge in [-0.2, -0.15) is 0 Å². The maximum atomic E-state index is 12.2. The fourth-order valence-electron chi connectivity index (χ4n) is 2.94. The zero-order chi connectivity index (χ0) is 20.5. The van der Waals surface area contributed by atoms with Crippen molar-refractivity contribution in [2.75, 3.05) is 13.2 Å². The summed E-state index contributed by atoms with van der Waals surface area (Å²) in [6.07, 6.45) is -0.0620. The van der Waals surface area contributed by atoms with Crippen LogP contribution in [-0.2, 0) is 26.6 Å². The quantitative estimate of drug-likeness (QED) is 0.581. The van der Waals surface area contributed by atoms with Gasteiger partial charge in [-0.1, -0.05) is 12.1 Å². The molecule has 1 aliphatic rings. The number of aryl methyl sites for hydroxylation is 1. The van der Waals surface area contributed by atoms with Crippen molar-refractivity contribution in [2.24, 2.45) is 12.0 Å². The Kier molecular flexibility index (Phi) is 5.37. The van der Waals surface area contributed by atoms with Crippen molar-refractivity contribution in [1.82, 2.24) is 9.29 Å². The number of carbonyl (C=O) groups excluding carboxylic acids is 2. The molecule has 1 aliphatic heterocycles. The van der Waals surface area contributed by atoms with Crippen LogP contribution in [0.15, 0.2) is 40.2 Å². The number of amidine groups is 1. The third-order valence-electron chi connectivity index (χ3n) is 4.69. The number of sulfonamides is 1. The Bertz CT molecular complexity index is 1080. The number of nitrogens with zero attached hydrogens (tertiary/aromatic N) is 2. The van der Waals surface area contributed by atoms with Crippen LogP contribution in [-0.4, -0.2) is 43.7 Å². The molecule has 8 nitrogen and oxygen atoms in total. The molecule has 1 N–H and O–H groups in total. The number of carbonyl (C=O) groups is 2. The Hall–Kier alpha value is -2.94. The molecule has 0 spiro atoms. The lowest BCUT2D eigenvalue weighted by Gasteiger charge is -2.04. The number of ketones is 1. The molecule has 0 amide bonds. The minimum absolute atomic E-state index is 0.0443. The number of nitrogens with one attached hydrogen (secondary N) is 1. The number of fused-ring (bicyclic) bond motifs is 1. The molecule has 1 aromatic carbocycles. The van der Waals surface area contributed by atoms with E-state index in [2.05, 4.69) is 9.71 Å². The second kappa shape index (κ2) is 7.59. The molecule has 0 fully saturated rings.